The van der Waals surface area contributed by atoms with Crippen LogP contribution in [0.1, 0.15) is 63.9 Å². The minimum absolute atomic E-state index is 0.0219. The van der Waals surface area contributed by atoms with Gasteiger partial charge in [0.25, 0.3) is 0 Å². The largest absolute Gasteiger partial charge is 0.481 e. The lowest BCUT2D eigenvalue weighted by Crippen LogP contribution is -2.54. The van der Waals surface area contributed by atoms with Crippen molar-refractivity contribution in [3.63, 3.8) is 0 Å². The molecule has 1 aromatic carbocycles. The number of fused-ring (bicyclic) bond motifs is 2. The van der Waals surface area contributed by atoms with Crippen LogP contribution in [0.5, 0.6) is 0 Å². The first-order valence-electron chi connectivity index (χ1n) is 11.2. The van der Waals surface area contributed by atoms with Gasteiger partial charge in [-0.15, -0.1) is 0 Å². The number of rotatable bonds is 5. The quantitative estimate of drug-likeness (QED) is 0.729. The molecule has 1 saturated heterocycles. The minimum atomic E-state index is -0.728. The maximum absolute atomic E-state index is 14.6. The van der Waals surface area contributed by atoms with E-state index in [2.05, 4.69) is 18.8 Å². The van der Waals surface area contributed by atoms with Gasteiger partial charge in [0, 0.05) is 36.1 Å². The van der Waals surface area contributed by atoms with E-state index < -0.39 is 5.97 Å². The Morgan fingerprint density at radius 2 is 2.00 bits per heavy atom. The van der Waals surface area contributed by atoms with Gasteiger partial charge in [0.05, 0.1) is 5.92 Å². The van der Waals surface area contributed by atoms with Crippen LogP contribution in [0.25, 0.3) is 10.9 Å². The third-order valence-electron chi connectivity index (χ3n) is 7.30. The number of hydrogen-bond acceptors (Lipinski definition) is 2. The molecule has 1 aliphatic heterocycles. The molecule has 6 heteroatoms. The molecule has 0 spiro atoms. The number of halogens is 1. The van der Waals surface area contributed by atoms with E-state index >= 15 is 0 Å². The molecule has 5 nitrogen and oxygen atoms in total. The fourth-order valence-electron chi connectivity index (χ4n) is 5.74. The average molecular weight is 415 g/mol. The molecule has 1 amide bonds. The lowest BCUT2D eigenvalue weighted by Gasteiger charge is -2.47. The molecule has 0 radical (unpaired) electrons. The summed E-state index contributed by atoms with van der Waals surface area (Å²) >= 11 is 0. The molecule has 4 rings (SSSR count). The number of aromatic nitrogens is 1. The van der Waals surface area contributed by atoms with Crippen LogP contribution in [0.3, 0.4) is 0 Å². The van der Waals surface area contributed by atoms with Crippen LogP contribution < -0.4 is 0 Å². The molecule has 162 valence electrons. The highest BCUT2D eigenvalue weighted by atomic mass is 19.1. The number of carboxylic acids is 1. The maximum atomic E-state index is 14.6. The maximum Gasteiger partial charge on any atom is 0.306 e. The van der Waals surface area contributed by atoms with Gasteiger partial charge in [-0.1, -0.05) is 32.8 Å². The Kier molecular flexibility index (Phi) is 5.85. The zero-order valence-corrected chi connectivity index (χ0v) is 17.7. The van der Waals surface area contributed by atoms with Crippen molar-refractivity contribution in [1.82, 2.24) is 9.88 Å². The SMILES string of the molecule is CC(C)C(CC(=O)N1CCC(C(=O)O)C2CCCCC21)c1c[nH]c2cccc(F)c12. The number of H-pyrrole nitrogens is 1. The summed E-state index contributed by atoms with van der Waals surface area (Å²) in [5, 5.41) is 10.2. The Bertz CT molecular complexity index is 938. The molecule has 2 heterocycles. The van der Waals surface area contributed by atoms with E-state index in [0.717, 1.165) is 36.8 Å². The Labute approximate surface area is 176 Å². The van der Waals surface area contributed by atoms with Gasteiger partial charge in [0.2, 0.25) is 5.91 Å². The number of hydrogen-bond donors (Lipinski definition) is 2. The van der Waals surface area contributed by atoms with E-state index in [1.807, 2.05) is 17.2 Å². The summed E-state index contributed by atoms with van der Waals surface area (Å²) in [7, 11) is 0. The number of nitrogens with one attached hydrogen (secondary N) is 1. The first-order chi connectivity index (χ1) is 14.4. The zero-order chi connectivity index (χ0) is 21.4. The van der Waals surface area contributed by atoms with Crippen molar-refractivity contribution in [2.24, 2.45) is 17.8 Å². The van der Waals surface area contributed by atoms with Crippen molar-refractivity contribution in [3.8, 4) is 0 Å². The van der Waals surface area contributed by atoms with Gasteiger partial charge in [-0.3, -0.25) is 9.59 Å². The number of carboxylic acid groups (broad SMARTS) is 1. The molecule has 4 atom stereocenters. The molecule has 1 aromatic heterocycles. The number of carbonyl (C=O) groups excluding carboxylic acids is 1. The average Bonchev–Trinajstić information content (AvgIpc) is 3.15. The summed E-state index contributed by atoms with van der Waals surface area (Å²) in [5.41, 5.74) is 1.60. The predicted molar refractivity (Wildman–Crippen MR) is 114 cm³/mol. The van der Waals surface area contributed by atoms with Gasteiger partial charge < -0.3 is 15.0 Å². The van der Waals surface area contributed by atoms with E-state index in [4.69, 9.17) is 0 Å². The van der Waals surface area contributed by atoms with Gasteiger partial charge >= 0.3 is 5.97 Å². The summed E-state index contributed by atoms with van der Waals surface area (Å²) in [6.07, 6.45) is 6.53. The van der Waals surface area contributed by atoms with Gasteiger partial charge in [-0.25, -0.2) is 4.39 Å². The molecule has 2 aliphatic rings. The first-order valence-corrected chi connectivity index (χ1v) is 11.2. The molecule has 2 fully saturated rings. The number of aliphatic carboxylic acids is 1. The van der Waals surface area contributed by atoms with Crippen LogP contribution in [0.4, 0.5) is 4.39 Å². The van der Waals surface area contributed by atoms with Crippen LogP contribution >= 0.6 is 0 Å². The summed E-state index contributed by atoms with van der Waals surface area (Å²) < 4.78 is 14.6. The molecular weight excluding hydrogens is 383 g/mol. The lowest BCUT2D eigenvalue weighted by molar-refractivity contribution is -0.154. The van der Waals surface area contributed by atoms with Crippen LogP contribution in [0.15, 0.2) is 24.4 Å². The molecule has 2 aromatic rings. The highest BCUT2D eigenvalue weighted by Gasteiger charge is 2.44. The van der Waals surface area contributed by atoms with Crippen LogP contribution in [0.2, 0.25) is 0 Å². The molecule has 1 aliphatic carbocycles. The van der Waals surface area contributed by atoms with Crippen molar-refractivity contribution in [3.05, 3.63) is 35.8 Å². The fraction of sp³-hybridized carbons (Fsp3) is 0.583. The topological polar surface area (TPSA) is 73.4 Å². The first kappa shape index (κ1) is 20.9. The molecule has 4 unspecified atom stereocenters. The second-order valence-electron chi connectivity index (χ2n) is 9.30. The Balaban J connectivity index is 1.58. The summed E-state index contributed by atoms with van der Waals surface area (Å²) in [5.74, 6) is -1.14. The van der Waals surface area contributed by atoms with Crippen molar-refractivity contribution in [2.45, 2.75) is 64.3 Å². The normalized spacial score (nSPS) is 25.3. The molecule has 30 heavy (non-hydrogen) atoms. The molecular formula is C24H31FN2O3. The zero-order valence-electron chi connectivity index (χ0n) is 17.7. The van der Waals surface area contributed by atoms with Gasteiger partial charge in [0.1, 0.15) is 5.82 Å². The molecule has 1 saturated carbocycles. The third kappa shape index (κ3) is 3.72. The van der Waals surface area contributed by atoms with E-state index in [-0.39, 0.29) is 41.4 Å². The standard InChI is InChI=1S/C24H31FN2O3/c1-14(2)17(18-13-26-20-8-5-7-19(25)23(18)20)12-22(28)27-11-10-16(24(29)30)15-6-3-4-9-21(15)27/h5,7-8,13-17,21,26H,3-4,6,9-12H2,1-2H3,(H,29,30). The number of nitrogens with zero attached hydrogens (tertiary/aromatic N) is 1. The van der Waals surface area contributed by atoms with Crippen LogP contribution in [0, 0.1) is 23.6 Å². The van der Waals surface area contributed by atoms with Crippen LogP contribution in [-0.4, -0.2) is 39.5 Å². The molecule has 2 N–H and O–H groups in total. The van der Waals surface area contributed by atoms with E-state index in [1.54, 1.807) is 6.07 Å². The van der Waals surface area contributed by atoms with Gasteiger partial charge in [-0.2, -0.15) is 0 Å². The van der Waals surface area contributed by atoms with Crippen LogP contribution in [-0.2, 0) is 9.59 Å². The number of aromatic amines is 1. The Morgan fingerprint density at radius 3 is 2.73 bits per heavy atom. The predicted octanol–water partition coefficient (Wildman–Crippen LogP) is 4.93. The lowest BCUT2D eigenvalue weighted by atomic mass is 9.71. The third-order valence-corrected chi connectivity index (χ3v) is 7.30. The Morgan fingerprint density at radius 1 is 1.23 bits per heavy atom. The second kappa shape index (κ2) is 8.40. The van der Waals surface area contributed by atoms with E-state index in [0.29, 0.717) is 24.8 Å². The Hall–Kier alpha value is -2.37. The number of likely N-dealkylation sites (tertiary alicyclic amines) is 1. The van der Waals surface area contributed by atoms with Crippen molar-refractivity contribution in [2.75, 3.05) is 6.54 Å². The van der Waals surface area contributed by atoms with E-state index in [9.17, 15) is 19.1 Å². The second-order valence-corrected chi connectivity index (χ2v) is 9.30. The smallest absolute Gasteiger partial charge is 0.306 e. The highest BCUT2D eigenvalue weighted by Crippen LogP contribution is 2.41. The monoisotopic (exact) mass is 414 g/mol. The number of amides is 1. The van der Waals surface area contributed by atoms with Crippen molar-refractivity contribution < 1.29 is 19.1 Å². The van der Waals surface area contributed by atoms with Crippen molar-refractivity contribution in [1.29, 1.82) is 0 Å². The summed E-state index contributed by atoms with van der Waals surface area (Å²) in [6.45, 7) is 4.64. The van der Waals surface area contributed by atoms with Gasteiger partial charge in [-0.05, 0) is 54.7 Å². The minimum Gasteiger partial charge on any atom is -0.481 e. The van der Waals surface area contributed by atoms with Gasteiger partial charge in [0.15, 0.2) is 0 Å². The number of carbonyl (C=O) groups is 2. The molecule has 0 bridgehead atoms. The summed E-state index contributed by atoms with van der Waals surface area (Å²) in [4.78, 5) is 30.3. The number of piperidine rings is 1. The summed E-state index contributed by atoms with van der Waals surface area (Å²) in [6, 6.07) is 5.02. The van der Waals surface area contributed by atoms with Crippen molar-refractivity contribution >= 4 is 22.8 Å². The van der Waals surface area contributed by atoms with E-state index in [1.165, 1.54) is 6.07 Å². The number of benzene rings is 1. The fourth-order valence-corrected chi connectivity index (χ4v) is 5.74. The highest BCUT2D eigenvalue weighted by molar-refractivity contribution is 5.86.